The maximum atomic E-state index is 12.7. The average molecular weight is 376 g/mol. The second kappa shape index (κ2) is 10.2. The number of carbonyl (C=O) groups excluding carboxylic acids is 2. The number of likely N-dealkylation sites (tertiary alicyclic amines) is 1. The van der Waals surface area contributed by atoms with E-state index in [-0.39, 0.29) is 11.8 Å². The van der Waals surface area contributed by atoms with Gasteiger partial charge in [0.25, 0.3) is 0 Å². The summed E-state index contributed by atoms with van der Waals surface area (Å²) >= 11 is 0. The second-order valence-corrected chi connectivity index (χ2v) is 7.02. The Balaban J connectivity index is 1.99. The van der Waals surface area contributed by atoms with Gasteiger partial charge in [-0.05, 0) is 43.4 Å². The number of amides is 2. The van der Waals surface area contributed by atoms with E-state index in [1.165, 1.54) is 6.42 Å². The Kier molecular flexibility index (Phi) is 7.95. The Morgan fingerprint density at radius 2 is 1.93 bits per heavy atom. The van der Waals surface area contributed by atoms with E-state index in [0.29, 0.717) is 37.1 Å². The van der Waals surface area contributed by atoms with Crippen LogP contribution in [0.1, 0.15) is 51.5 Å². The molecule has 6 nitrogen and oxygen atoms in total. The minimum absolute atomic E-state index is 0.0386. The Morgan fingerprint density at radius 1 is 1.19 bits per heavy atom. The quantitative estimate of drug-likeness (QED) is 0.699. The molecule has 2 rings (SSSR count). The molecule has 1 aromatic carbocycles. The molecule has 150 valence electrons. The summed E-state index contributed by atoms with van der Waals surface area (Å²) in [5.74, 6) is 1.40. The van der Waals surface area contributed by atoms with Gasteiger partial charge in [0, 0.05) is 39.0 Å². The molecule has 1 saturated heterocycles. The number of hydrogen-bond acceptors (Lipinski definition) is 4. The van der Waals surface area contributed by atoms with E-state index in [1.807, 2.05) is 23.1 Å². The van der Waals surface area contributed by atoms with Crippen molar-refractivity contribution in [1.29, 1.82) is 0 Å². The zero-order chi connectivity index (χ0) is 19.8. The summed E-state index contributed by atoms with van der Waals surface area (Å²) in [5.41, 5.74) is 0.944. The van der Waals surface area contributed by atoms with Gasteiger partial charge in [-0.1, -0.05) is 13.0 Å². The van der Waals surface area contributed by atoms with Gasteiger partial charge in [-0.3, -0.25) is 9.59 Å². The molecule has 0 aliphatic carbocycles. The Morgan fingerprint density at radius 3 is 2.56 bits per heavy atom. The third-order valence-corrected chi connectivity index (χ3v) is 5.28. The van der Waals surface area contributed by atoms with Crippen molar-refractivity contribution in [3.05, 3.63) is 23.8 Å². The number of methoxy groups -OCH3 is 2. The molecule has 1 atom stereocenters. The van der Waals surface area contributed by atoms with Crippen molar-refractivity contribution >= 4 is 11.8 Å². The summed E-state index contributed by atoms with van der Waals surface area (Å²) in [6.07, 6.45) is 4.72. The normalized spacial score (nSPS) is 16.7. The van der Waals surface area contributed by atoms with Crippen molar-refractivity contribution in [3.63, 3.8) is 0 Å². The fraction of sp³-hybridized carbons (Fsp3) is 0.619. The molecule has 0 bridgehead atoms. The first-order valence-electron chi connectivity index (χ1n) is 9.76. The van der Waals surface area contributed by atoms with Gasteiger partial charge in [-0.2, -0.15) is 0 Å². The predicted octanol–water partition coefficient (Wildman–Crippen LogP) is 3.23. The number of nitrogens with zero attached hydrogens (tertiary/aromatic N) is 2. The highest BCUT2D eigenvalue weighted by Crippen LogP contribution is 2.28. The molecule has 0 N–H and O–H groups in total. The van der Waals surface area contributed by atoms with Gasteiger partial charge in [0.05, 0.1) is 14.2 Å². The van der Waals surface area contributed by atoms with Gasteiger partial charge in [-0.15, -0.1) is 0 Å². The van der Waals surface area contributed by atoms with E-state index in [9.17, 15) is 9.59 Å². The number of piperidine rings is 1. The molecule has 0 aromatic heterocycles. The molecule has 27 heavy (non-hydrogen) atoms. The summed E-state index contributed by atoms with van der Waals surface area (Å²) in [6.45, 7) is 5.39. The van der Waals surface area contributed by atoms with Crippen molar-refractivity contribution in [1.82, 2.24) is 9.80 Å². The number of benzene rings is 1. The monoisotopic (exact) mass is 376 g/mol. The van der Waals surface area contributed by atoms with Crippen LogP contribution >= 0.6 is 0 Å². The molecule has 1 heterocycles. The average Bonchev–Trinajstić information content (AvgIpc) is 2.70. The maximum Gasteiger partial charge on any atom is 0.224 e. The van der Waals surface area contributed by atoms with Gasteiger partial charge in [0.2, 0.25) is 11.8 Å². The zero-order valence-corrected chi connectivity index (χ0v) is 17.0. The highest BCUT2D eigenvalue weighted by Gasteiger charge is 2.25. The zero-order valence-electron chi connectivity index (χ0n) is 17.0. The topological polar surface area (TPSA) is 59.1 Å². The molecule has 1 fully saturated rings. The van der Waals surface area contributed by atoms with E-state index in [4.69, 9.17) is 9.47 Å². The van der Waals surface area contributed by atoms with Crippen LogP contribution < -0.4 is 9.47 Å². The summed E-state index contributed by atoms with van der Waals surface area (Å²) in [4.78, 5) is 28.5. The lowest BCUT2D eigenvalue weighted by Gasteiger charge is -2.36. The van der Waals surface area contributed by atoms with E-state index in [1.54, 1.807) is 26.0 Å². The number of hydrogen-bond donors (Lipinski definition) is 0. The van der Waals surface area contributed by atoms with Crippen LogP contribution in [0.5, 0.6) is 11.5 Å². The van der Waals surface area contributed by atoms with E-state index in [2.05, 4.69) is 6.92 Å². The molecule has 1 unspecified atom stereocenters. The van der Waals surface area contributed by atoms with Crippen LogP contribution in [0.25, 0.3) is 0 Å². The van der Waals surface area contributed by atoms with Crippen LogP contribution in [0.4, 0.5) is 0 Å². The number of ether oxygens (including phenoxy) is 2. The fourth-order valence-electron chi connectivity index (χ4n) is 3.67. The lowest BCUT2D eigenvalue weighted by atomic mass is 9.99. The molecular formula is C21H32N2O4. The minimum atomic E-state index is -0.0386. The third-order valence-electron chi connectivity index (χ3n) is 5.28. The Hall–Kier alpha value is -2.24. The highest BCUT2D eigenvalue weighted by atomic mass is 16.5. The van der Waals surface area contributed by atoms with E-state index in [0.717, 1.165) is 31.4 Å². The van der Waals surface area contributed by atoms with Crippen LogP contribution in [0.15, 0.2) is 18.2 Å². The molecule has 1 aliphatic rings. The van der Waals surface area contributed by atoms with Gasteiger partial charge in [0.15, 0.2) is 11.5 Å². The Bertz CT molecular complexity index is 647. The molecular weight excluding hydrogens is 344 g/mol. The first-order chi connectivity index (χ1) is 13.0. The molecule has 0 radical (unpaired) electrons. The second-order valence-electron chi connectivity index (χ2n) is 7.02. The first-order valence-corrected chi connectivity index (χ1v) is 9.76. The van der Waals surface area contributed by atoms with Crippen LogP contribution in [0, 0.1) is 0 Å². The SMILES string of the molecule is CCC1CCCCN1C(=O)CCN(Cc1ccc(OC)c(OC)c1)C(C)=O. The van der Waals surface area contributed by atoms with Crippen LogP contribution in [-0.2, 0) is 16.1 Å². The van der Waals surface area contributed by atoms with Crippen LogP contribution in [0.2, 0.25) is 0 Å². The van der Waals surface area contributed by atoms with E-state index < -0.39 is 0 Å². The van der Waals surface area contributed by atoms with Gasteiger partial charge < -0.3 is 19.3 Å². The number of rotatable bonds is 8. The van der Waals surface area contributed by atoms with Crippen molar-refractivity contribution in [2.75, 3.05) is 27.3 Å². The lowest BCUT2D eigenvalue weighted by molar-refractivity contribution is -0.136. The maximum absolute atomic E-state index is 12.7. The highest BCUT2D eigenvalue weighted by molar-refractivity contribution is 5.78. The summed E-state index contributed by atoms with van der Waals surface area (Å²) in [7, 11) is 3.18. The van der Waals surface area contributed by atoms with Crippen molar-refractivity contribution in [3.8, 4) is 11.5 Å². The van der Waals surface area contributed by atoms with Crippen molar-refractivity contribution in [2.45, 2.75) is 58.5 Å². The lowest BCUT2D eigenvalue weighted by Crippen LogP contribution is -2.44. The molecule has 0 spiro atoms. The van der Waals surface area contributed by atoms with Crippen LogP contribution in [0.3, 0.4) is 0 Å². The van der Waals surface area contributed by atoms with E-state index >= 15 is 0 Å². The Labute approximate surface area is 162 Å². The van der Waals surface area contributed by atoms with Crippen molar-refractivity contribution in [2.24, 2.45) is 0 Å². The summed E-state index contributed by atoms with van der Waals surface area (Å²) in [5, 5.41) is 0. The molecule has 1 aliphatic heterocycles. The smallest absolute Gasteiger partial charge is 0.224 e. The minimum Gasteiger partial charge on any atom is -0.493 e. The summed E-state index contributed by atoms with van der Waals surface area (Å²) in [6, 6.07) is 5.96. The van der Waals surface area contributed by atoms with Gasteiger partial charge >= 0.3 is 0 Å². The molecule has 2 amide bonds. The standard InChI is InChI=1S/C21H32N2O4/c1-5-18-8-6-7-12-23(18)21(25)11-13-22(16(2)24)15-17-9-10-19(26-3)20(14-17)27-4/h9-10,14,18H,5-8,11-13,15H2,1-4H3. The fourth-order valence-corrected chi connectivity index (χ4v) is 3.67. The largest absolute Gasteiger partial charge is 0.493 e. The van der Waals surface area contributed by atoms with Gasteiger partial charge in [0.1, 0.15) is 0 Å². The summed E-state index contributed by atoms with van der Waals surface area (Å²) < 4.78 is 10.6. The van der Waals surface area contributed by atoms with Gasteiger partial charge in [-0.25, -0.2) is 0 Å². The van der Waals surface area contributed by atoms with Crippen LogP contribution in [-0.4, -0.2) is 55.0 Å². The molecule has 0 saturated carbocycles. The molecule has 1 aromatic rings. The predicted molar refractivity (Wildman–Crippen MR) is 105 cm³/mol. The molecule has 6 heteroatoms. The third kappa shape index (κ3) is 5.62. The number of carbonyl (C=O) groups is 2. The first kappa shape index (κ1) is 21.1. The van der Waals surface area contributed by atoms with Crippen molar-refractivity contribution < 1.29 is 19.1 Å².